The number of aliphatic hydroxyl groups is 1. The first-order valence-corrected chi connectivity index (χ1v) is 5.49. The molecule has 0 spiro atoms. The summed E-state index contributed by atoms with van der Waals surface area (Å²) >= 11 is 1.46. The van der Waals surface area contributed by atoms with Gasteiger partial charge in [0.05, 0.1) is 5.69 Å². The fourth-order valence-corrected chi connectivity index (χ4v) is 2.14. The number of aliphatic hydroxyl groups excluding tert-OH is 1. The lowest BCUT2D eigenvalue weighted by Gasteiger charge is -1.95. The summed E-state index contributed by atoms with van der Waals surface area (Å²) in [5.74, 6) is -0.258. The molecule has 1 N–H and O–H groups in total. The standard InChI is InChI=1S/C11H10FNOS/c12-9-3-1-2-8(6-9)11-13-10(4-5-14)7-15-11/h1-3,6-7,14H,4-5H2. The summed E-state index contributed by atoms with van der Waals surface area (Å²) in [6.07, 6.45) is 0.547. The first kappa shape index (κ1) is 10.3. The van der Waals surface area contributed by atoms with Gasteiger partial charge in [-0.15, -0.1) is 11.3 Å². The van der Waals surface area contributed by atoms with Crippen LogP contribution < -0.4 is 0 Å². The largest absolute Gasteiger partial charge is 0.396 e. The summed E-state index contributed by atoms with van der Waals surface area (Å²) < 4.78 is 12.9. The molecule has 78 valence electrons. The molecule has 0 fully saturated rings. The molecule has 1 heterocycles. The van der Waals surface area contributed by atoms with E-state index in [1.807, 2.05) is 11.4 Å². The third kappa shape index (κ3) is 2.40. The zero-order valence-corrected chi connectivity index (χ0v) is 8.80. The van der Waals surface area contributed by atoms with Crippen LogP contribution in [0.25, 0.3) is 10.6 Å². The molecule has 0 bridgehead atoms. The van der Waals surface area contributed by atoms with E-state index in [1.165, 1.54) is 23.5 Å². The van der Waals surface area contributed by atoms with Gasteiger partial charge in [0.1, 0.15) is 10.8 Å². The van der Waals surface area contributed by atoms with E-state index in [0.717, 1.165) is 16.3 Å². The Morgan fingerprint density at radius 1 is 1.40 bits per heavy atom. The van der Waals surface area contributed by atoms with Crippen LogP contribution in [-0.2, 0) is 6.42 Å². The fraction of sp³-hybridized carbons (Fsp3) is 0.182. The Morgan fingerprint density at radius 3 is 3.00 bits per heavy atom. The predicted molar refractivity (Wildman–Crippen MR) is 58.3 cm³/mol. The number of halogens is 1. The van der Waals surface area contributed by atoms with Crippen LogP contribution in [-0.4, -0.2) is 16.7 Å². The highest BCUT2D eigenvalue weighted by Gasteiger charge is 2.04. The molecule has 1 aromatic carbocycles. The van der Waals surface area contributed by atoms with Crippen LogP contribution in [0, 0.1) is 5.82 Å². The summed E-state index contributed by atoms with van der Waals surface area (Å²) in [7, 11) is 0. The molecule has 0 unspecified atom stereocenters. The molecule has 2 nitrogen and oxygen atoms in total. The molecule has 0 amide bonds. The van der Waals surface area contributed by atoms with E-state index >= 15 is 0 Å². The number of thiazole rings is 1. The number of rotatable bonds is 3. The molecule has 0 radical (unpaired) electrons. The van der Waals surface area contributed by atoms with Gasteiger partial charge in [0, 0.05) is 24.0 Å². The average Bonchev–Trinajstić information content (AvgIpc) is 2.67. The highest BCUT2D eigenvalue weighted by atomic mass is 32.1. The van der Waals surface area contributed by atoms with Crippen LogP contribution in [0.15, 0.2) is 29.6 Å². The van der Waals surface area contributed by atoms with Gasteiger partial charge in [-0.1, -0.05) is 12.1 Å². The number of hydrogen-bond donors (Lipinski definition) is 1. The van der Waals surface area contributed by atoms with Crippen molar-refractivity contribution in [3.8, 4) is 10.6 Å². The van der Waals surface area contributed by atoms with E-state index in [2.05, 4.69) is 4.98 Å². The zero-order valence-electron chi connectivity index (χ0n) is 7.98. The fourth-order valence-electron chi connectivity index (χ4n) is 1.29. The lowest BCUT2D eigenvalue weighted by Crippen LogP contribution is -1.90. The Balaban J connectivity index is 2.29. The monoisotopic (exact) mass is 223 g/mol. The molecule has 2 aromatic rings. The lowest BCUT2D eigenvalue weighted by molar-refractivity contribution is 0.298. The molecule has 1 aromatic heterocycles. The van der Waals surface area contributed by atoms with Crippen molar-refractivity contribution >= 4 is 11.3 Å². The normalized spacial score (nSPS) is 10.5. The van der Waals surface area contributed by atoms with E-state index in [9.17, 15) is 4.39 Å². The van der Waals surface area contributed by atoms with E-state index < -0.39 is 0 Å². The van der Waals surface area contributed by atoms with Crippen molar-refractivity contribution in [2.24, 2.45) is 0 Å². The Bertz CT molecular complexity index is 455. The van der Waals surface area contributed by atoms with Gasteiger partial charge >= 0.3 is 0 Å². The number of nitrogens with zero attached hydrogens (tertiary/aromatic N) is 1. The van der Waals surface area contributed by atoms with Gasteiger partial charge in [0.2, 0.25) is 0 Å². The van der Waals surface area contributed by atoms with Crippen molar-refractivity contribution in [1.29, 1.82) is 0 Å². The van der Waals surface area contributed by atoms with Crippen LogP contribution in [0.1, 0.15) is 5.69 Å². The second kappa shape index (κ2) is 4.51. The van der Waals surface area contributed by atoms with Crippen LogP contribution >= 0.6 is 11.3 Å². The van der Waals surface area contributed by atoms with Crippen molar-refractivity contribution in [3.63, 3.8) is 0 Å². The maximum Gasteiger partial charge on any atom is 0.123 e. The second-order valence-electron chi connectivity index (χ2n) is 3.13. The van der Waals surface area contributed by atoms with E-state index in [1.54, 1.807) is 6.07 Å². The quantitative estimate of drug-likeness (QED) is 0.867. The van der Waals surface area contributed by atoms with Gasteiger partial charge in [-0.25, -0.2) is 9.37 Å². The highest BCUT2D eigenvalue weighted by Crippen LogP contribution is 2.24. The van der Waals surface area contributed by atoms with Crippen LogP contribution in [0.4, 0.5) is 4.39 Å². The average molecular weight is 223 g/mol. The van der Waals surface area contributed by atoms with Crippen molar-refractivity contribution in [2.75, 3.05) is 6.61 Å². The minimum atomic E-state index is -0.258. The molecule has 0 aliphatic heterocycles. The molecular weight excluding hydrogens is 213 g/mol. The zero-order chi connectivity index (χ0) is 10.7. The van der Waals surface area contributed by atoms with Gasteiger partial charge in [-0.2, -0.15) is 0 Å². The second-order valence-corrected chi connectivity index (χ2v) is 3.99. The van der Waals surface area contributed by atoms with Gasteiger partial charge < -0.3 is 5.11 Å². The number of hydrogen-bond acceptors (Lipinski definition) is 3. The Labute approximate surface area is 91.0 Å². The summed E-state index contributed by atoms with van der Waals surface area (Å²) in [6, 6.07) is 6.36. The molecule has 0 saturated heterocycles. The molecule has 0 aliphatic rings. The van der Waals surface area contributed by atoms with Gasteiger partial charge in [0.15, 0.2) is 0 Å². The van der Waals surface area contributed by atoms with E-state index in [4.69, 9.17) is 5.11 Å². The maximum absolute atomic E-state index is 12.9. The van der Waals surface area contributed by atoms with E-state index in [0.29, 0.717) is 6.42 Å². The topological polar surface area (TPSA) is 33.1 Å². The van der Waals surface area contributed by atoms with Crippen LogP contribution in [0.3, 0.4) is 0 Å². The molecule has 4 heteroatoms. The Morgan fingerprint density at radius 2 is 2.27 bits per heavy atom. The summed E-state index contributed by atoms with van der Waals surface area (Å²) in [6.45, 7) is 0.0896. The summed E-state index contributed by atoms with van der Waals surface area (Å²) in [4.78, 5) is 4.30. The SMILES string of the molecule is OCCc1csc(-c2cccc(F)c2)n1. The van der Waals surface area contributed by atoms with Crippen molar-refractivity contribution < 1.29 is 9.50 Å². The molecule has 2 rings (SSSR count). The third-order valence-corrected chi connectivity index (χ3v) is 2.93. The predicted octanol–water partition coefficient (Wildman–Crippen LogP) is 2.48. The van der Waals surface area contributed by atoms with E-state index in [-0.39, 0.29) is 12.4 Å². The Kier molecular flexibility index (Phi) is 3.08. The molecule has 0 atom stereocenters. The van der Waals surface area contributed by atoms with Crippen LogP contribution in [0.5, 0.6) is 0 Å². The molecular formula is C11H10FNOS. The lowest BCUT2D eigenvalue weighted by atomic mass is 10.2. The number of benzene rings is 1. The first-order chi connectivity index (χ1) is 7.29. The Hall–Kier alpha value is -1.26. The molecule has 0 saturated carbocycles. The molecule has 0 aliphatic carbocycles. The maximum atomic E-state index is 12.9. The first-order valence-electron chi connectivity index (χ1n) is 4.61. The smallest absolute Gasteiger partial charge is 0.123 e. The molecule has 15 heavy (non-hydrogen) atoms. The highest BCUT2D eigenvalue weighted by molar-refractivity contribution is 7.13. The summed E-state index contributed by atoms with van der Waals surface area (Å²) in [5, 5.41) is 11.4. The van der Waals surface area contributed by atoms with Crippen molar-refractivity contribution in [1.82, 2.24) is 4.98 Å². The van der Waals surface area contributed by atoms with Crippen molar-refractivity contribution in [3.05, 3.63) is 41.2 Å². The minimum absolute atomic E-state index is 0.0896. The summed E-state index contributed by atoms with van der Waals surface area (Å²) in [5.41, 5.74) is 1.63. The third-order valence-electron chi connectivity index (χ3n) is 1.99. The van der Waals surface area contributed by atoms with Crippen molar-refractivity contribution in [2.45, 2.75) is 6.42 Å². The van der Waals surface area contributed by atoms with Gasteiger partial charge in [-0.05, 0) is 12.1 Å². The minimum Gasteiger partial charge on any atom is -0.396 e. The van der Waals surface area contributed by atoms with Gasteiger partial charge in [0.25, 0.3) is 0 Å². The number of aromatic nitrogens is 1. The van der Waals surface area contributed by atoms with Crippen LogP contribution in [0.2, 0.25) is 0 Å². The van der Waals surface area contributed by atoms with Gasteiger partial charge in [-0.3, -0.25) is 0 Å².